The number of aromatic nitrogens is 1. The number of rotatable bonds is 6. The molecule has 1 fully saturated rings. The van der Waals surface area contributed by atoms with Gasteiger partial charge in [-0.15, -0.1) is 0 Å². The summed E-state index contributed by atoms with van der Waals surface area (Å²) in [6.07, 6.45) is 9.36. The van der Waals surface area contributed by atoms with Crippen LogP contribution in [-0.2, 0) is 6.54 Å². The lowest BCUT2D eigenvalue weighted by atomic mass is 9.86. The third-order valence-electron chi connectivity index (χ3n) is 5.64. The maximum Gasteiger partial charge on any atom is 0.166 e. The number of benzene rings is 1. The summed E-state index contributed by atoms with van der Waals surface area (Å²) in [5.41, 5.74) is 1.71. The number of hydrogen-bond acceptors (Lipinski definition) is 5. The summed E-state index contributed by atoms with van der Waals surface area (Å²) in [5.74, 6) is 1.13. The van der Waals surface area contributed by atoms with Gasteiger partial charge in [0.1, 0.15) is 23.3 Å². The molecule has 0 unspecified atom stereocenters. The SMILES string of the molecule is COc1ccc(CNc2c(C#N)ncc(C3CCCCCCC3)c2F)c(OC)c1. The van der Waals surface area contributed by atoms with Gasteiger partial charge in [-0.3, -0.25) is 0 Å². The van der Waals surface area contributed by atoms with Crippen molar-refractivity contribution in [3.05, 3.63) is 47.0 Å². The van der Waals surface area contributed by atoms with E-state index < -0.39 is 0 Å². The highest BCUT2D eigenvalue weighted by atomic mass is 19.1. The quantitative estimate of drug-likeness (QED) is 0.692. The van der Waals surface area contributed by atoms with Crippen molar-refractivity contribution < 1.29 is 13.9 Å². The molecule has 0 atom stereocenters. The lowest BCUT2D eigenvalue weighted by Crippen LogP contribution is -2.11. The molecule has 1 aromatic carbocycles. The number of anilines is 1. The molecule has 2 aromatic rings. The first-order valence-electron chi connectivity index (χ1n) is 10.2. The minimum Gasteiger partial charge on any atom is -0.497 e. The first kappa shape index (κ1) is 20.9. The standard InChI is InChI=1S/C23H28FN3O2/c1-28-18-11-10-17(21(12-18)29-2)14-27-23-20(13-25)26-15-19(22(23)24)16-8-6-4-3-5-7-9-16/h10-12,15-16,27H,3-9,14H2,1-2H3. The van der Waals surface area contributed by atoms with Crippen molar-refractivity contribution >= 4 is 5.69 Å². The molecule has 3 rings (SSSR count). The molecule has 1 saturated carbocycles. The average Bonchev–Trinajstić information content (AvgIpc) is 2.73. The summed E-state index contributed by atoms with van der Waals surface area (Å²) in [6, 6.07) is 7.47. The number of hydrogen-bond donors (Lipinski definition) is 1. The minimum absolute atomic E-state index is 0.0737. The molecule has 29 heavy (non-hydrogen) atoms. The third-order valence-corrected chi connectivity index (χ3v) is 5.64. The molecule has 1 heterocycles. The zero-order valence-corrected chi connectivity index (χ0v) is 17.1. The van der Waals surface area contributed by atoms with Gasteiger partial charge in [0.2, 0.25) is 0 Å². The lowest BCUT2D eigenvalue weighted by Gasteiger charge is -2.22. The van der Waals surface area contributed by atoms with Gasteiger partial charge in [-0.05, 0) is 30.9 Å². The number of methoxy groups -OCH3 is 2. The van der Waals surface area contributed by atoms with Gasteiger partial charge >= 0.3 is 0 Å². The molecule has 6 heteroatoms. The van der Waals surface area contributed by atoms with E-state index in [1.807, 2.05) is 18.2 Å². The van der Waals surface area contributed by atoms with Crippen molar-refractivity contribution in [1.29, 1.82) is 5.26 Å². The van der Waals surface area contributed by atoms with Crippen molar-refractivity contribution in [2.75, 3.05) is 19.5 Å². The molecule has 0 spiro atoms. The van der Waals surface area contributed by atoms with Gasteiger partial charge in [0.15, 0.2) is 11.5 Å². The maximum absolute atomic E-state index is 15.4. The highest BCUT2D eigenvalue weighted by Crippen LogP contribution is 2.35. The molecule has 0 amide bonds. The van der Waals surface area contributed by atoms with Crippen LogP contribution in [0.4, 0.5) is 10.1 Å². The molecular formula is C23H28FN3O2. The largest absolute Gasteiger partial charge is 0.497 e. The number of nitriles is 1. The number of nitrogens with one attached hydrogen (secondary N) is 1. The lowest BCUT2D eigenvalue weighted by molar-refractivity contribution is 0.391. The van der Waals surface area contributed by atoms with E-state index in [4.69, 9.17) is 9.47 Å². The van der Waals surface area contributed by atoms with E-state index in [0.717, 1.165) is 31.2 Å². The summed E-state index contributed by atoms with van der Waals surface area (Å²) < 4.78 is 26.1. The first-order chi connectivity index (χ1) is 14.2. The normalized spacial score (nSPS) is 15.1. The molecule has 0 bridgehead atoms. The van der Waals surface area contributed by atoms with Gasteiger partial charge in [-0.2, -0.15) is 5.26 Å². The fourth-order valence-electron chi connectivity index (χ4n) is 3.98. The predicted octanol–water partition coefficient (Wildman–Crippen LogP) is 5.55. The van der Waals surface area contributed by atoms with E-state index in [0.29, 0.717) is 23.6 Å². The average molecular weight is 397 g/mol. The molecule has 1 aromatic heterocycles. The Morgan fingerprint density at radius 3 is 2.52 bits per heavy atom. The van der Waals surface area contributed by atoms with Crippen molar-refractivity contribution in [3.8, 4) is 17.6 Å². The second-order valence-electron chi connectivity index (χ2n) is 7.44. The molecular weight excluding hydrogens is 369 g/mol. The van der Waals surface area contributed by atoms with Crippen LogP contribution in [0.25, 0.3) is 0 Å². The van der Waals surface area contributed by atoms with Crippen LogP contribution in [0.15, 0.2) is 24.4 Å². The second-order valence-corrected chi connectivity index (χ2v) is 7.44. The molecule has 154 valence electrons. The summed E-state index contributed by atoms with van der Waals surface area (Å²) >= 11 is 0. The van der Waals surface area contributed by atoms with Gasteiger partial charge in [-0.25, -0.2) is 9.37 Å². The summed E-state index contributed by atoms with van der Waals surface area (Å²) in [6.45, 7) is 0.314. The molecule has 0 aliphatic heterocycles. The number of halogens is 1. The number of pyridine rings is 1. The molecule has 1 aliphatic rings. The van der Waals surface area contributed by atoms with E-state index in [-0.39, 0.29) is 23.1 Å². The molecule has 0 saturated heterocycles. The first-order valence-corrected chi connectivity index (χ1v) is 10.2. The van der Waals surface area contributed by atoms with Gasteiger partial charge < -0.3 is 14.8 Å². The Morgan fingerprint density at radius 1 is 1.14 bits per heavy atom. The zero-order chi connectivity index (χ0) is 20.6. The molecule has 1 N–H and O–H groups in total. The Balaban J connectivity index is 1.85. The van der Waals surface area contributed by atoms with E-state index in [9.17, 15) is 5.26 Å². The smallest absolute Gasteiger partial charge is 0.166 e. The van der Waals surface area contributed by atoms with E-state index in [1.165, 1.54) is 19.3 Å². The fourth-order valence-corrected chi connectivity index (χ4v) is 3.98. The maximum atomic E-state index is 15.4. The second kappa shape index (κ2) is 10.1. The van der Waals surface area contributed by atoms with Crippen molar-refractivity contribution in [1.82, 2.24) is 4.98 Å². The Hall–Kier alpha value is -2.81. The van der Waals surface area contributed by atoms with Crippen LogP contribution in [-0.4, -0.2) is 19.2 Å². The van der Waals surface area contributed by atoms with E-state index >= 15 is 4.39 Å². The van der Waals surface area contributed by atoms with Gasteiger partial charge in [0.25, 0.3) is 0 Å². The highest BCUT2D eigenvalue weighted by molar-refractivity contribution is 5.57. The van der Waals surface area contributed by atoms with Gasteiger partial charge in [-0.1, -0.05) is 32.1 Å². The van der Waals surface area contributed by atoms with Crippen LogP contribution in [0.1, 0.15) is 67.7 Å². The topological polar surface area (TPSA) is 67.2 Å². The molecule has 0 radical (unpaired) electrons. The van der Waals surface area contributed by atoms with Crippen LogP contribution < -0.4 is 14.8 Å². The van der Waals surface area contributed by atoms with E-state index in [2.05, 4.69) is 10.3 Å². The van der Waals surface area contributed by atoms with Gasteiger partial charge in [0.05, 0.1) is 14.2 Å². The number of nitrogens with zero attached hydrogens (tertiary/aromatic N) is 2. The predicted molar refractivity (Wildman–Crippen MR) is 111 cm³/mol. The Morgan fingerprint density at radius 2 is 1.86 bits per heavy atom. The van der Waals surface area contributed by atoms with E-state index in [1.54, 1.807) is 26.5 Å². The fraction of sp³-hybridized carbons (Fsp3) is 0.478. The summed E-state index contributed by atoms with van der Waals surface area (Å²) in [5, 5.41) is 12.5. The monoisotopic (exact) mass is 397 g/mol. The van der Waals surface area contributed by atoms with Crippen LogP contribution in [0.2, 0.25) is 0 Å². The van der Waals surface area contributed by atoms with Crippen molar-refractivity contribution in [3.63, 3.8) is 0 Å². The van der Waals surface area contributed by atoms with Crippen molar-refractivity contribution in [2.24, 2.45) is 0 Å². The Labute approximate surface area is 171 Å². The summed E-state index contributed by atoms with van der Waals surface area (Å²) in [7, 11) is 3.17. The Kier molecular flexibility index (Phi) is 7.29. The van der Waals surface area contributed by atoms with Crippen molar-refractivity contribution in [2.45, 2.75) is 57.4 Å². The minimum atomic E-state index is -0.352. The Bertz CT molecular complexity index is 871. The third kappa shape index (κ3) is 4.97. The van der Waals surface area contributed by atoms with Crippen LogP contribution in [0.5, 0.6) is 11.5 Å². The molecule has 1 aliphatic carbocycles. The van der Waals surface area contributed by atoms with Crippen LogP contribution >= 0.6 is 0 Å². The summed E-state index contributed by atoms with van der Waals surface area (Å²) in [4.78, 5) is 4.25. The highest BCUT2D eigenvalue weighted by Gasteiger charge is 2.22. The van der Waals surface area contributed by atoms with Crippen LogP contribution in [0, 0.1) is 17.1 Å². The van der Waals surface area contributed by atoms with Gasteiger partial charge in [0, 0.05) is 29.9 Å². The zero-order valence-electron chi connectivity index (χ0n) is 17.1. The number of ether oxygens (including phenoxy) is 2. The van der Waals surface area contributed by atoms with Crippen LogP contribution in [0.3, 0.4) is 0 Å². The molecule has 5 nitrogen and oxygen atoms in total.